The van der Waals surface area contributed by atoms with Crippen LogP contribution < -0.4 is 4.72 Å². The van der Waals surface area contributed by atoms with Gasteiger partial charge in [0.2, 0.25) is 0 Å². The topological polar surface area (TPSA) is 40.7 Å². The third-order valence-electron chi connectivity index (χ3n) is 1.50. The number of pyridine rings is 1. The summed E-state index contributed by atoms with van der Waals surface area (Å²) in [4.78, 5) is 7.21. The molecule has 0 saturated carbocycles. The van der Waals surface area contributed by atoms with Gasteiger partial charge in [0.05, 0.1) is 5.03 Å². The Labute approximate surface area is 80.7 Å². The molecular formula is C9H9N3S. The van der Waals surface area contributed by atoms with Crippen LogP contribution in [0.15, 0.2) is 47.8 Å². The normalized spacial score (nSPS) is 9.85. The second kappa shape index (κ2) is 4.00. The van der Waals surface area contributed by atoms with Crippen LogP contribution in [0.2, 0.25) is 0 Å². The van der Waals surface area contributed by atoms with Gasteiger partial charge in [-0.1, -0.05) is 6.07 Å². The number of aromatic nitrogens is 2. The van der Waals surface area contributed by atoms with Crippen LogP contribution in [0.1, 0.15) is 0 Å². The highest BCUT2D eigenvalue weighted by Crippen LogP contribution is 2.16. The second-order valence-corrected chi connectivity index (χ2v) is 3.30. The molecule has 2 aromatic heterocycles. The standard InChI is InChI=1S/C9H9N3S/c1-2-6-10-8(4-1)12-13-9-5-3-7-11-9/h1-7,11H,(H,10,12). The van der Waals surface area contributed by atoms with Crippen LogP contribution in [-0.2, 0) is 0 Å². The fraction of sp³-hybridized carbons (Fsp3) is 0. The molecule has 0 aliphatic rings. The Morgan fingerprint density at radius 2 is 2.23 bits per heavy atom. The van der Waals surface area contributed by atoms with Crippen LogP contribution in [0, 0.1) is 0 Å². The van der Waals surface area contributed by atoms with E-state index in [2.05, 4.69) is 14.7 Å². The molecule has 0 bridgehead atoms. The number of hydrogen-bond donors (Lipinski definition) is 2. The Hall–Kier alpha value is -1.42. The largest absolute Gasteiger partial charge is 0.355 e. The van der Waals surface area contributed by atoms with Crippen LogP contribution in [0.25, 0.3) is 0 Å². The van der Waals surface area contributed by atoms with Crippen molar-refractivity contribution in [3.8, 4) is 0 Å². The lowest BCUT2D eigenvalue weighted by Crippen LogP contribution is -1.88. The minimum absolute atomic E-state index is 0.863. The molecule has 0 radical (unpaired) electrons. The molecule has 0 aliphatic carbocycles. The summed E-state index contributed by atoms with van der Waals surface area (Å²) >= 11 is 1.51. The smallest absolute Gasteiger partial charge is 0.136 e. The van der Waals surface area contributed by atoms with Gasteiger partial charge in [-0.2, -0.15) is 0 Å². The predicted molar refractivity (Wildman–Crippen MR) is 54.5 cm³/mol. The van der Waals surface area contributed by atoms with Crippen LogP contribution in [0.5, 0.6) is 0 Å². The van der Waals surface area contributed by atoms with Crippen molar-refractivity contribution in [2.75, 3.05) is 4.72 Å². The molecule has 2 heterocycles. The maximum absolute atomic E-state index is 4.13. The Morgan fingerprint density at radius 3 is 2.92 bits per heavy atom. The zero-order chi connectivity index (χ0) is 8.93. The molecule has 2 aromatic rings. The minimum Gasteiger partial charge on any atom is -0.355 e. The molecule has 0 aliphatic heterocycles. The van der Waals surface area contributed by atoms with E-state index in [0.717, 1.165) is 10.8 Å². The van der Waals surface area contributed by atoms with Gasteiger partial charge >= 0.3 is 0 Å². The van der Waals surface area contributed by atoms with Crippen LogP contribution in [0.3, 0.4) is 0 Å². The van der Waals surface area contributed by atoms with Crippen molar-refractivity contribution in [2.24, 2.45) is 0 Å². The minimum atomic E-state index is 0.863. The first kappa shape index (κ1) is 8.19. The van der Waals surface area contributed by atoms with Crippen LogP contribution in [-0.4, -0.2) is 9.97 Å². The van der Waals surface area contributed by atoms with Crippen molar-refractivity contribution in [1.82, 2.24) is 9.97 Å². The van der Waals surface area contributed by atoms with E-state index in [1.54, 1.807) is 6.20 Å². The molecule has 0 aromatic carbocycles. The average molecular weight is 191 g/mol. The Bertz CT molecular complexity index is 344. The maximum atomic E-state index is 4.13. The van der Waals surface area contributed by atoms with Crippen molar-refractivity contribution < 1.29 is 0 Å². The Morgan fingerprint density at radius 1 is 1.23 bits per heavy atom. The number of nitrogens with zero attached hydrogens (tertiary/aromatic N) is 1. The van der Waals surface area contributed by atoms with Crippen molar-refractivity contribution in [2.45, 2.75) is 5.03 Å². The molecule has 0 amide bonds. The zero-order valence-corrected chi connectivity index (χ0v) is 7.71. The average Bonchev–Trinajstić information content (AvgIpc) is 2.69. The van der Waals surface area contributed by atoms with Gasteiger partial charge in [-0.3, -0.25) is 0 Å². The quantitative estimate of drug-likeness (QED) is 0.732. The van der Waals surface area contributed by atoms with Gasteiger partial charge < -0.3 is 9.71 Å². The number of H-pyrrole nitrogens is 1. The van der Waals surface area contributed by atoms with Gasteiger partial charge in [0.1, 0.15) is 5.82 Å². The van der Waals surface area contributed by atoms with Crippen LogP contribution >= 0.6 is 11.9 Å². The molecule has 13 heavy (non-hydrogen) atoms. The van der Waals surface area contributed by atoms with E-state index < -0.39 is 0 Å². The van der Waals surface area contributed by atoms with Gasteiger partial charge in [-0.15, -0.1) is 0 Å². The Kier molecular flexibility index (Phi) is 2.52. The summed E-state index contributed by atoms with van der Waals surface area (Å²) in [5.41, 5.74) is 0. The lowest BCUT2D eigenvalue weighted by molar-refractivity contribution is 1.21. The van der Waals surface area contributed by atoms with Crippen molar-refractivity contribution in [3.05, 3.63) is 42.7 Å². The van der Waals surface area contributed by atoms with Gasteiger partial charge in [0, 0.05) is 24.3 Å². The maximum Gasteiger partial charge on any atom is 0.136 e. The third-order valence-corrected chi connectivity index (χ3v) is 2.28. The molecule has 2 N–H and O–H groups in total. The highest BCUT2D eigenvalue weighted by molar-refractivity contribution is 8.00. The monoisotopic (exact) mass is 191 g/mol. The first-order valence-corrected chi connectivity index (χ1v) is 4.74. The SMILES string of the molecule is c1ccc(NSc2ccc[nH]2)nc1. The van der Waals surface area contributed by atoms with Crippen molar-refractivity contribution in [3.63, 3.8) is 0 Å². The number of aromatic amines is 1. The lowest BCUT2D eigenvalue weighted by Gasteiger charge is -2.00. The Balaban J connectivity index is 1.94. The summed E-state index contributed by atoms with van der Waals surface area (Å²) in [6.45, 7) is 0. The summed E-state index contributed by atoms with van der Waals surface area (Å²) in [5.74, 6) is 0.863. The fourth-order valence-electron chi connectivity index (χ4n) is 0.908. The molecule has 0 fully saturated rings. The van der Waals surface area contributed by atoms with E-state index in [4.69, 9.17) is 0 Å². The molecule has 0 spiro atoms. The first-order valence-electron chi connectivity index (χ1n) is 3.92. The van der Waals surface area contributed by atoms with E-state index in [9.17, 15) is 0 Å². The summed E-state index contributed by atoms with van der Waals surface area (Å²) in [5, 5.41) is 1.07. The van der Waals surface area contributed by atoms with E-state index >= 15 is 0 Å². The number of hydrogen-bond acceptors (Lipinski definition) is 3. The van der Waals surface area contributed by atoms with Gasteiger partial charge in [-0.05, 0) is 24.3 Å². The van der Waals surface area contributed by atoms with Crippen molar-refractivity contribution in [1.29, 1.82) is 0 Å². The van der Waals surface area contributed by atoms with E-state index in [1.807, 2.05) is 36.5 Å². The molecule has 66 valence electrons. The molecular weight excluding hydrogens is 182 g/mol. The number of rotatable bonds is 3. The third kappa shape index (κ3) is 2.26. The molecule has 2 rings (SSSR count). The van der Waals surface area contributed by atoms with E-state index in [1.165, 1.54) is 11.9 Å². The van der Waals surface area contributed by atoms with Crippen LogP contribution in [0.4, 0.5) is 5.82 Å². The molecule has 0 saturated heterocycles. The molecule has 4 heteroatoms. The predicted octanol–water partition coefficient (Wildman–Crippen LogP) is 2.53. The first-order chi connectivity index (χ1) is 6.45. The molecule has 3 nitrogen and oxygen atoms in total. The van der Waals surface area contributed by atoms with Gasteiger partial charge in [0.15, 0.2) is 0 Å². The summed E-state index contributed by atoms with van der Waals surface area (Å²) in [7, 11) is 0. The highest BCUT2D eigenvalue weighted by Gasteiger charge is 1.93. The second-order valence-electron chi connectivity index (χ2n) is 2.45. The highest BCUT2D eigenvalue weighted by atomic mass is 32.2. The zero-order valence-electron chi connectivity index (χ0n) is 6.90. The van der Waals surface area contributed by atoms with Gasteiger partial charge in [-0.25, -0.2) is 4.98 Å². The number of nitrogens with one attached hydrogen (secondary N) is 2. The molecule has 0 unspecified atom stereocenters. The summed E-state index contributed by atoms with van der Waals surface area (Å²) in [6, 6.07) is 9.73. The van der Waals surface area contributed by atoms with E-state index in [-0.39, 0.29) is 0 Å². The number of anilines is 1. The fourth-order valence-corrected chi connectivity index (χ4v) is 1.52. The molecule has 0 atom stereocenters. The summed E-state index contributed by atoms with van der Waals surface area (Å²) < 4.78 is 3.12. The summed E-state index contributed by atoms with van der Waals surface area (Å²) in [6.07, 6.45) is 3.65. The van der Waals surface area contributed by atoms with Gasteiger partial charge in [0.25, 0.3) is 0 Å². The lowest BCUT2D eigenvalue weighted by atomic mass is 10.5. The van der Waals surface area contributed by atoms with Crippen molar-refractivity contribution >= 4 is 17.8 Å². The van der Waals surface area contributed by atoms with E-state index in [0.29, 0.717) is 0 Å².